The van der Waals surface area contributed by atoms with Crippen LogP contribution in [0.15, 0.2) is 24.5 Å². The van der Waals surface area contributed by atoms with Crippen molar-refractivity contribution >= 4 is 33.9 Å². The minimum atomic E-state index is -2.58. The number of halogens is 3. The second-order valence-corrected chi connectivity index (χ2v) is 10.0. The summed E-state index contributed by atoms with van der Waals surface area (Å²) in [6.45, 7) is 3.98. The van der Waals surface area contributed by atoms with E-state index < -0.39 is 18.8 Å². The van der Waals surface area contributed by atoms with Gasteiger partial charge in [-0.25, -0.2) is 23.1 Å². The number of benzene rings is 1. The lowest BCUT2D eigenvalue weighted by molar-refractivity contribution is -0.136. The van der Waals surface area contributed by atoms with Crippen LogP contribution in [-0.2, 0) is 11.3 Å². The number of amides is 1. The molecule has 1 saturated carbocycles. The number of anilines is 1. The third-order valence-electron chi connectivity index (χ3n) is 7.49. The molecule has 36 heavy (non-hydrogen) atoms. The van der Waals surface area contributed by atoms with Crippen LogP contribution in [0.25, 0.3) is 33.2 Å². The highest BCUT2D eigenvalue weighted by atomic mass is 19.3. The number of hydrogen-bond acceptors (Lipinski definition) is 5. The van der Waals surface area contributed by atoms with Crippen molar-refractivity contribution in [3.8, 4) is 11.1 Å². The van der Waals surface area contributed by atoms with Crippen LogP contribution in [0.2, 0.25) is 0 Å². The molecule has 8 nitrogen and oxygen atoms in total. The van der Waals surface area contributed by atoms with E-state index in [0.717, 1.165) is 25.8 Å². The largest absolute Gasteiger partial charge is 0.351 e. The monoisotopic (exact) mass is 497 g/mol. The van der Waals surface area contributed by atoms with Gasteiger partial charge in [-0.05, 0) is 50.8 Å². The maximum Gasteiger partial charge on any atom is 0.256 e. The Bertz CT molecular complexity index is 1490. The van der Waals surface area contributed by atoms with Crippen LogP contribution >= 0.6 is 0 Å². The van der Waals surface area contributed by atoms with Crippen LogP contribution in [0.4, 0.5) is 19.1 Å². The van der Waals surface area contributed by atoms with Gasteiger partial charge in [0.15, 0.2) is 5.82 Å². The topological polar surface area (TPSA) is 91.7 Å². The third-order valence-corrected chi connectivity index (χ3v) is 7.49. The van der Waals surface area contributed by atoms with E-state index >= 15 is 0 Å². The number of likely N-dealkylation sites (tertiary alicyclic amines) is 1. The molecule has 4 aromatic rings. The normalized spacial score (nSPS) is 22.2. The smallest absolute Gasteiger partial charge is 0.256 e. The molecule has 0 unspecified atom stereocenters. The molecular formula is C25H26F3N7O. The number of alkyl halides is 2. The fraction of sp³-hybridized carbons (Fsp3) is 0.440. The Hall–Kier alpha value is -3.63. The Kier molecular flexibility index (Phi) is 5.20. The first-order chi connectivity index (χ1) is 17.2. The van der Waals surface area contributed by atoms with Crippen LogP contribution < -0.4 is 5.32 Å². The highest BCUT2D eigenvalue weighted by Gasteiger charge is 2.48. The predicted molar refractivity (Wildman–Crippen MR) is 129 cm³/mol. The molecule has 188 valence electrons. The van der Waals surface area contributed by atoms with Gasteiger partial charge in [0.25, 0.3) is 6.43 Å². The number of imidazole rings is 1. The fourth-order valence-electron chi connectivity index (χ4n) is 5.76. The van der Waals surface area contributed by atoms with E-state index in [9.17, 15) is 18.0 Å². The summed E-state index contributed by atoms with van der Waals surface area (Å²) in [7, 11) is 0. The number of rotatable bonds is 6. The first-order valence-corrected chi connectivity index (χ1v) is 12.1. The van der Waals surface area contributed by atoms with Gasteiger partial charge in [0.1, 0.15) is 17.0 Å². The number of aryl methyl sites for hydroxylation is 1. The van der Waals surface area contributed by atoms with Gasteiger partial charge < -0.3 is 19.8 Å². The molecule has 2 N–H and O–H groups in total. The quantitative estimate of drug-likeness (QED) is 0.405. The summed E-state index contributed by atoms with van der Waals surface area (Å²) in [6, 6.07) is 3.19. The van der Waals surface area contributed by atoms with E-state index in [4.69, 9.17) is 0 Å². The molecular weight excluding hydrogens is 471 g/mol. The van der Waals surface area contributed by atoms with E-state index in [-0.39, 0.29) is 23.0 Å². The first-order valence-electron chi connectivity index (χ1n) is 12.1. The van der Waals surface area contributed by atoms with Gasteiger partial charge >= 0.3 is 0 Å². The van der Waals surface area contributed by atoms with E-state index in [1.807, 2.05) is 4.90 Å². The van der Waals surface area contributed by atoms with Crippen molar-refractivity contribution < 1.29 is 18.0 Å². The molecule has 0 atom stereocenters. The van der Waals surface area contributed by atoms with Crippen molar-refractivity contribution in [2.24, 2.45) is 0 Å². The summed E-state index contributed by atoms with van der Waals surface area (Å²) in [4.78, 5) is 30.4. The Morgan fingerprint density at radius 3 is 2.81 bits per heavy atom. The number of carbonyl (C=O) groups excluding carboxylic acids is 1. The lowest BCUT2D eigenvalue weighted by atomic mass is 9.73. The molecule has 1 amide bonds. The summed E-state index contributed by atoms with van der Waals surface area (Å²) in [5, 5.41) is 4.04. The lowest BCUT2D eigenvalue weighted by Gasteiger charge is -2.51. The second-order valence-electron chi connectivity index (χ2n) is 10.0. The SMILES string of the molecule is Cc1nc2c(F)cc(-c3c[nH]c4nc(NC5CC(C)(N6CCCC6=O)C5)ncc34)cc2n1CC(F)F. The van der Waals surface area contributed by atoms with Crippen LogP contribution in [0.1, 0.15) is 38.4 Å². The molecule has 11 heteroatoms. The van der Waals surface area contributed by atoms with E-state index in [1.165, 1.54) is 10.6 Å². The van der Waals surface area contributed by atoms with Crippen molar-refractivity contribution in [3.05, 3.63) is 36.2 Å². The number of hydrogen-bond donors (Lipinski definition) is 2. The number of nitrogens with one attached hydrogen (secondary N) is 2. The van der Waals surface area contributed by atoms with Crippen LogP contribution in [0, 0.1) is 12.7 Å². The first kappa shape index (κ1) is 22.8. The summed E-state index contributed by atoms with van der Waals surface area (Å²) in [6.07, 6.45) is 4.03. The van der Waals surface area contributed by atoms with Gasteiger partial charge in [0.05, 0.1) is 12.1 Å². The Balaban J connectivity index is 1.25. The van der Waals surface area contributed by atoms with Gasteiger partial charge in [0, 0.05) is 47.9 Å². The van der Waals surface area contributed by atoms with Crippen LogP contribution in [0.5, 0.6) is 0 Å². The number of H-pyrrole nitrogens is 1. The molecule has 1 aliphatic carbocycles. The Morgan fingerprint density at radius 2 is 2.08 bits per heavy atom. The summed E-state index contributed by atoms with van der Waals surface area (Å²) >= 11 is 0. The zero-order valence-electron chi connectivity index (χ0n) is 20.0. The van der Waals surface area contributed by atoms with Gasteiger partial charge in [0.2, 0.25) is 11.9 Å². The molecule has 1 saturated heterocycles. The molecule has 2 fully saturated rings. The summed E-state index contributed by atoms with van der Waals surface area (Å²) < 4.78 is 42.4. The zero-order valence-corrected chi connectivity index (χ0v) is 20.0. The van der Waals surface area contributed by atoms with E-state index in [2.05, 4.69) is 32.2 Å². The van der Waals surface area contributed by atoms with Crippen molar-refractivity contribution in [2.75, 3.05) is 11.9 Å². The Morgan fingerprint density at radius 1 is 1.28 bits per heavy atom. The van der Waals surface area contributed by atoms with Crippen LogP contribution in [-0.4, -0.2) is 59.9 Å². The van der Waals surface area contributed by atoms with E-state index in [1.54, 1.807) is 25.4 Å². The van der Waals surface area contributed by atoms with E-state index in [0.29, 0.717) is 45.9 Å². The molecule has 6 rings (SSSR count). The predicted octanol–water partition coefficient (Wildman–Crippen LogP) is 4.64. The summed E-state index contributed by atoms with van der Waals surface area (Å²) in [5.74, 6) is 0.467. The molecule has 2 aliphatic rings. The molecule has 1 aliphatic heterocycles. The molecule has 0 spiro atoms. The molecule has 0 bridgehead atoms. The van der Waals surface area contributed by atoms with Crippen molar-refractivity contribution in [1.29, 1.82) is 0 Å². The molecule has 4 heterocycles. The average molecular weight is 498 g/mol. The van der Waals surface area contributed by atoms with Gasteiger partial charge in [-0.2, -0.15) is 4.98 Å². The zero-order chi connectivity index (χ0) is 25.2. The maximum atomic E-state index is 14.9. The average Bonchev–Trinajstić information content (AvgIpc) is 3.50. The number of aromatic amines is 1. The van der Waals surface area contributed by atoms with Crippen molar-refractivity contribution in [1.82, 2.24) is 29.4 Å². The second kappa shape index (κ2) is 8.21. The highest BCUT2D eigenvalue weighted by Crippen LogP contribution is 2.41. The number of nitrogens with zero attached hydrogens (tertiary/aromatic N) is 5. The number of carbonyl (C=O) groups is 1. The Labute approximate surface area is 204 Å². The minimum absolute atomic E-state index is 0.0719. The maximum absolute atomic E-state index is 14.9. The van der Waals surface area contributed by atoms with Gasteiger partial charge in [-0.1, -0.05) is 0 Å². The standard InChI is InChI=1S/C25H26F3N7O/c1-13-31-22-18(26)6-14(7-19(22)34(13)12-20(27)28)16-10-29-23-17(16)11-30-24(33-23)32-15-8-25(2,9-15)35-5-3-4-21(35)36/h6-7,10-11,15,20H,3-5,8-9,12H2,1-2H3,(H2,29,30,32,33). The molecule has 1 aromatic carbocycles. The molecule has 3 aromatic heterocycles. The van der Waals surface area contributed by atoms with Crippen molar-refractivity contribution in [2.45, 2.75) is 64.1 Å². The highest BCUT2D eigenvalue weighted by molar-refractivity contribution is 5.96. The van der Waals surface area contributed by atoms with Crippen LogP contribution in [0.3, 0.4) is 0 Å². The lowest BCUT2D eigenvalue weighted by Crippen LogP contribution is -2.59. The van der Waals surface area contributed by atoms with Gasteiger partial charge in [-0.15, -0.1) is 0 Å². The van der Waals surface area contributed by atoms with Crippen molar-refractivity contribution in [3.63, 3.8) is 0 Å². The fourth-order valence-corrected chi connectivity index (χ4v) is 5.76. The summed E-state index contributed by atoms with van der Waals surface area (Å²) in [5.41, 5.74) is 2.05. The van der Waals surface area contributed by atoms with Gasteiger partial charge in [-0.3, -0.25) is 4.79 Å². The number of fused-ring (bicyclic) bond motifs is 2. The third kappa shape index (κ3) is 3.68. The number of aromatic nitrogens is 5. The molecule has 0 radical (unpaired) electrons. The minimum Gasteiger partial charge on any atom is -0.351 e.